The quantitative estimate of drug-likeness (QED) is 0.766. The number of hydrogen-bond acceptors (Lipinski definition) is 3. The first-order chi connectivity index (χ1) is 10.8. The minimum absolute atomic E-state index is 0.184. The minimum atomic E-state index is -4.47. The standard InChI is InChI=1S/C15H15ClF3NO3/c1-2-3-20(9-15(17,18)19)13(21)8-10-6-11(16)14-12(7-10)22-4-5-23-14/h2,6-7H,1,3-5,8-9H2. The number of carbonyl (C=O) groups excluding carboxylic acids is 1. The largest absolute Gasteiger partial charge is 0.486 e. The molecular weight excluding hydrogens is 335 g/mol. The molecule has 0 bridgehead atoms. The minimum Gasteiger partial charge on any atom is -0.486 e. The van der Waals surface area contributed by atoms with Crippen LogP contribution in [-0.4, -0.2) is 43.3 Å². The predicted molar refractivity (Wildman–Crippen MR) is 79.0 cm³/mol. The molecule has 1 aromatic carbocycles. The fraction of sp³-hybridized carbons (Fsp3) is 0.400. The Morgan fingerprint density at radius 1 is 1.35 bits per heavy atom. The molecule has 1 amide bonds. The summed E-state index contributed by atoms with van der Waals surface area (Å²) in [6.07, 6.45) is -3.44. The van der Waals surface area contributed by atoms with E-state index in [-0.39, 0.29) is 18.0 Å². The Balaban J connectivity index is 2.14. The molecule has 1 aliphatic rings. The van der Waals surface area contributed by atoms with E-state index in [9.17, 15) is 18.0 Å². The van der Waals surface area contributed by atoms with Crippen molar-refractivity contribution in [2.75, 3.05) is 26.3 Å². The average molecular weight is 350 g/mol. The van der Waals surface area contributed by atoms with Crippen molar-refractivity contribution in [3.63, 3.8) is 0 Å². The third-order valence-corrected chi connectivity index (χ3v) is 3.37. The fourth-order valence-corrected chi connectivity index (χ4v) is 2.47. The Bertz CT molecular complexity index is 604. The van der Waals surface area contributed by atoms with Crippen LogP contribution in [0.15, 0.2) is 24.8 Å². The molecule has 0 N–H and O–H groups in total. The van der Waals surface area contributed by atoms with Gasteiger partial charge in [-0.2, -0.15) is 13.2 Å². The van der Waals surface area contributed by atoms with E-state index in [0.29, 0.717) is 35.2 Å². The lowest BCUT2D eigenvalue weighted by molar-refractivity contribution is -0.159. The van der Waals surface area contributed by atoms with E-state index >= 15 is 0 Å². The van der Waals surface area contributed by atoms with Gasteiger partial charge in [0, 0.05) is 6.54 Å². The molecule has 0 unspecified atom stereocenters. The molecule has 4 nitrogen and oxygen atoms in total. The Hall–Kier alpha value is -1.89. The van der Waals surface area contributed by atoms with Crippen LogP contribution in [0, 0.1) is 0 Å². The molecule has 1 aromatic rings. The monoisotopic (exact) mass is 349 g/mol. The van der Waals surface area contributed by atoms with Crippen LogP contribution in [-0.2, 0) is 11.2 Å². The van der Waals surface area contributed by atoms with Gasteiger partial charge < -0.3 is 14.4 Å². The lowest BCUT2D eigenvalue weighted by atomic mass is 10.1. The molecule has 0 saturated carbocycles. The third kappa shape index (κ3) is 4.79. The van der Waals surface area contributed by atoms with Gasteiger partial charge in [0.2, 0.25) is 5.91 Å². The summed E-state index contributed by atoms with van der Waals surface area (Å²) in [5.41, 5.74) is 0.459. The van der Waals surface area contributed by atoms with E-state index in [4.69, 9.17) is 21.1 Å². The van der Waals surface area contributed by atoms with Gasteiger partial charge >= 0.3 is 6.18 Å². The van der Waals surface area contributed by atoms with Crippen LogP contribution in [0.4, 0.5) is 13.2 Å². The van der Waals surface area contributed by atoms with E-state index in [1.807, 2.05) is 0 Å². The Labute approximate surface area is 136 Å². The number of amides is 1. The molecule has 8 heteroatoms. The van der Waals surface area contributed by atoms with E-state index in [0.717, 1.165) is 0 Å². The lowest BCUT2D eigenvalue weighted by Gasteiger charge is -2.23. The summed E-state index contributed by atoms with van der Waals surface area (Å²) in [4.78, 5) is 12.8. The van der Waals surface area contributed by atoms with Gasteiger partial charge in [-0.3, -0.25) is 4.79 Å². The van der Waals surface area contributed by atoms with Crippen LogP contribution in [0.1, 0.15) is 5.56 Å². The van der Waals surface area contributed by atoms with Crippen LogP contribution in [0.3, 0.4) is 0 Å². The fourth-order valence-electron chi connectivity index (χ4n) is 2.18. The van der Waals surface area contributed by atoms with Gasteiger partial charge in [0.15, 0.2) is 11.5 Å². The summed E-state index contributed by atoms with van der Waals surface area (Å²) in [6, 6.07) is 3.05. The first-order valence-electron chi connectivity index (χ1n) is 6.83. The summed E-state index contributed by atoms with van der Waals surface area (Å²) in [7, 11) is 0. The van der Waals surface area contributed by atoms with Crippen LogP contribution in [0.25, 0.3) is 0 Å². The molecule has 1 aliphatic heterocycles. The molecule has 23 heavy (non-hydrogen) atoms. The second-order valence-corrected chi connectivity index (χ2v) is 5.36. The molecule has 2 rings (SSSR count). The van der Waals surface area contributed by atoms with Crippen molar-refractivity contribution in [2.24, 2.45) is 0 Å². The van der Waals surface area contributed by atoms with Gasteiger partial charge in [-0.25, -0.2) is 0 Å². The molecule has 0 aliphatic carbocycles. The zero-order valence-corrected chi connectivity index (χ0v) is 12.9. The van der Waals surface area contributed by atoms with Gasteiger partial charge in [0.1, 0.15) is 19.8 Å². The summed E-state index contributed by atoms with van der Waals surface area (Å²) >= 11 is 6.05. The van der Waals surface area contributed by atoms with Crippen molar-refractivity contribution in [3.8, 4) is 11.5 Å². The normalized spacial score (nSPS) is 13.6. The average Bonchev–Trinajstić information content (AvgIpc) is 2.45. The van der Waals surface area contributed by atoms with Crippen LogP contribution in [0.5, 0.6) is 11.5 Å². The molecule has 0 spiro atoms. The summed E-state index contributed by atoms with van der Waals surface area (Å²) in [6.45, 7) is 2.58. The maximum absolute atomic E-state index is 12.5. The first kappa shape index (κ1) is 17.5. The van der Waals surface area contributed by atoms with E-state index in [1.54, 1.807) is 6.07 Å². The zero-order valence-electron chi connectivity index (χ0n) is 12.2. The lowest BCUT2D eigenvalue weighted by Crippen LogP contribution is -2.39. The molecule has 0 radical (unpaired) electrons. The number of carbonyl (C=O) groups is 1. The number of nitrogens with zero attached hydrogens (tertiary/aromatic N) is 1. The number of hydrogen-bond donors (Lipinski definition) is 0. The highest BCUT2D eigenvalue weighted by molar-refractivity contribution is 6.32. The second kappa shape index (κ2) is 7.12. The molecule has 0 fully saturated rings. The van der Waals surface area contributed by atoms with E-state index in [1.165, 1.54) is 12.1 Å². The van der Waals surface area contributed by atoms with Gasteiger partial charge in [0.25, 0.3) is 0 Å². The molecule has 0 saturated heterocycles. The number of halogens is 4. The molecule has 0 atom stereocenters. The first-order valence-corrected chi connectivity index (χ1v) is 7.21. The SMILES string of the molecule is C=CCN(CC(F)(F)F)C(=O)Cc1cc(Cl)c2c(c1)OCCO2. The zero-order chi connectivity index (χ0) is 17.0. The van der Waals surface area contributed by atoms with Crippen LogP contribution < -0.4 is 9.47 Å². The summed E-state index contributed by atoms with van der Waals surface area (Å²) in [5.74, 6) is 0.0972. The van der Waals surface area contributed by atoms with E-state index < -0.39 is 18.6 Å². The predicted octanol–water partition coefficient (Wildman–Crippen LogP) is 3.23. The van der Waals surface area contributed by atoms with Gasteiger partial charge in [-0.1, -0.05) is 17.7 Å². The number of benzene rings is 1. The second-order valence-electron chi connectivity index (χ2n) is 4.96. The Kier molecular flexibility index (Phi) is 5.41. The van der Waals surface area contributed by atoms with Crippen molar-refractivity contribution in [2.45, 2.75) is 12.6 Å². The highest BCUT2D eigenvalue weighted by atomic mass is 35.5. The van der Waals surface area contributed by atoms with Crippen molar-refractivity contribution in [3.05, 3.63) is 35.4 Å². The van der Waals surface area contributed by atoms with Crippen LogP contribution >= 0.6 is 11.6 Å². The summed E-state index contributed by atoms with van der Waals surface area (Å²) < 4.78 is 48.3. The maximum atomic E-state index is 12.5. The number of fused-ring (bicyclic) bond motifs is 1. The third-order valence-electron chi connectivity index (χ3n) is 3.08. The van der Waals surface area contributed by atoms with Gasteiger partial charge in [0.05, 0.1) is 11.4 Å². The topological polar surface area (TPSA) is 38.8 Å². The highest BCUT2D eigenvalue weighted by Gasteiger charge is 2.32. The van der Waals surface area contributed by atoms with Crippen molar-refractivity contribution in [1.82, 2.24) is 4.90 Å². The smallest absolute Gasteiger partial charge is 0.406 e. The van der Waals surface area contributed by atoms with Gasteiger partial charge in [-0.05, 0) is 17.7 Å². The van der Waals surface area contributed by atoms with Crippen LogP contribution in [0.2, 0.25) is 5.02 Å². The van der Waals surface area contributed by atoms with E-state index in [2.05, 4.69) is 6.58 Å². The number of rotatable bonds is 5. The summed E-state index contributed by atoms with van der Waals surface area (Å²) in [5, 5.41) is 0.260. The Morgan fingerprint density at radius 3 is 2.70 bits per heavy atom. The van der Waals surface area contributed by atoms with Crippen molar-refractivity contribution >= 4 is 17.5 Å². The molecule has 126 valence electrons. The van der Waals surface area contributed by atoms with Crippen molar-refractivity contribution < 1.29 is 27.4 Å². The number of ether oxygens (including phenoxy) is 2. The van der Waals surface area contributed by atoms with Gasteiger partial charge in [-0.15, -0.1) is 6.58 Å². The Morgan fingerprint density at radius 2 is 2.04 bits per heavy atom. The number of alkyl halides is 3. The molecule has 0 aromatic heterocycles. The highest BCUT2D eigenvalue weighted by Crippen LogP contribution is 2.38. The molecular formula is C15H15ClF3NO3. The van der Waals surface area contributed by atoms with Crippen molar-refractivity contribution in [1.29, 1.82) is 0 Å². The molecule has 1 heterocycles. The maximum Gasteiger partial charge on any atom is 0.406 e.